The average Bonchev–Trinajstić information content (AvgIpc) is 2.85. The van der Waals surface area contributed by atoms with Gasteiger partial charge in [0.15, 0.2) is 0 Å². The number of halogens is 1. The van der Waals surface area contributed by atoms with Crippen molar-refractivity contribution < 1.29 is 23.9 Å². The fourth-order valence-electron chi connectivity index (χ4n) is 2.86. The third-order valence-electron chi connectivity index (χ3n) is 4.02. The van der Waals surface area contributed by atoms with Crippen molar-refractivity contribution in [1.82, 2.24) is 20.4 Å². The van der Waals surface area contributed by atoms with Crippen LogP contribution < -0.4 is 10.6 Å². The topological polar surface area (TPSA) is 112 Å². The molecule has 0 fully saturated rings. The lowest BCUT2D eigenvalue weighted by Crippen LogP contribution is -2.50. The van der Waals surface area contributed by atoms with Gasteiger partial charge in [-0.15, -0.1) is 0 Å². The summed E-state index contributed by atoms with van der Waals surface area (Å²) in [5.41, 5.74) is 0.978. The molecule has 0 aliphatic carbocycles. The van der Waals surface area contributed by atoms with E-state index >= 15 is 0 Å². The van der Waals surface area contributed by atoms with Crippen molar-refractivity contribution in [3.8, 4) is 0 Å². The second-order valence-corrected chi connectivity index (χ2v) is 7.19. The number of urea groups is 1. The Hall–Kier alpha value is -2.55. The number of carbonyl (C=O) groups is 3. The fourth-order valence-corrected chi connectivity index (χ4v) is 3.18. The van der Waals surface area contributed by atoms with Gasteiger partial charge in [0.2, 0.25) is 0 Å². The molecule has 2 amide bonds. The quantitative estimate of drug-likeness (QED) is 0.664. The van der Waals surface area contributed by atoms with Gasteiger partial charge < -0.3 is 20.1 Å². The minimum Gasteiger partial charge on any atom is -0.463 e. The van der Waals surface area contributed by atoms with Crippen LogP contribution >= 0.6 is 11.6 Å². The molecule has 1 aliphatic rings. The monoisotopic (exact) mass is 412 g/mol. The van der Waals surface area contributed by atoms with E-state index in [1.54, 1.807) is 25.5 Å². The second kappa shape index (κ2) is 9.09. The molecule has 2 rings (SSSR count). The van der Waals surface area contributed by atoms with Gasteiger partial charge >= 0.3 is 18.0 Å². The van der Waals surface area contributed by atoms with Crippen molar-refractivity contribution in [1.29, 1.82) is 0 Å². The zero-order valence-electron chi connectivity index (χ0n) is 16.6. The van der Waals surface area contributed by atoms with Crippen LogP contribution in [-0.4, -0.2) is 47.0 Å². The summed E-state index contributed by atoms with van der Waals surface area (Å²) in [6.07, 6.45) is 0. The number of carbonyl (C=O) groups excluding carboxylic acids is 3. The number of rotatable bonds is 7. The number of hydrogen-bond donors (Lipinski definition) is 2. The van der Waals surface area contributed by atoms with Crippen molar-refractivity contribution in [3.05, 3.63) is 27.7 Å². The average molecular weight is 413 g/mol. The minimum atomic E-state index is -0.686. The Kier molecular flexibility index (Phi) is 7.06. The Morgan fingerprint density at radius 2 is 1.96 bits per heavy atom. The number of hydrogen-bond acceptors (Lipinski definition) is 6. The number of ether oxygens (including phenoxy) is 2. The predicted octanol–water partition coefficient (Wildman–Crippen LogP) is 2.18. The van der Waals surface area contributed by atoms with E-state index in [0.717, 1.165) is 0 Å². The fraction of sp³-hybridized carbons (Fsp3) is 0.556. The van der Waals surface area contributed by atoms with Crippen LogP contribution in [0.3, 0.4) is 0 Å². The van der Waals surface area contributed by atoms with Crippen LogP contribution in [0.2, 0.25) is 5.15 Å². The molecular weight excluding hydrogens is 388 g/mol. The van der Waals surface area contributed by atoms with Crippen LogP contribution in [0, 0.1) is 12.8 Å². The minimum absolute atomic E-state index is 0.161. The summed E-state index contributed by atoms with van der Waals surface area (Å²) in [6.45, 7) is 9.43. The summed E-state index contributed by atoms with van der Waals surface area (Å²) in [6, 6.07) is -1.08. The first-order valence-electron chi connectivity index (χ1n) is 9.03. The maximum Gasteiger partial charge on any atom is 0.343 e. The number of nitrogens with one attached hydrogen (secondary N) is 2. The Bertz CT molecular complexity index is 815. The third-order valence-corrected chi connectivity index (χ3v) is 4.40. The molecule has 2 heterocycles. The summed E-state index contributed by atoms with van der Waals surface area (Å²) in [4.78, 5) is 36.5. The van der Waals surface area contributed by atoms with Gasteiger partial charge in [0, 0.05) is 6.54 Å². The SMILES string of the molecule is CCOC(=O)C1=C(COC(=O)c2c(C)nn(CC(C)C)c2Cl)NC(=O)NC1C. The molecule has 0 radical (unpaired) electrons. The molecule has 1 unspecified atom stereocenters. The van der Waals surface area contributed by atoms with Gasteiger partial charge in [0.1, 0.15) is 17.3 Å². The van der Waals surface area contributed by atoms with Crippen LogP contribution in [0.1, 0.15) is 43.7 Å². The molecule has 1 atom stereocenters. The van der Waals surface area contributed by atoms with Crippen LogP contribution in [0.15, 0.2) is 11.3 Å². The van der Waals surface area contributed by atoms with Crippen molar-refractivity contribution in [2.45, 2.75) is 47.2 Å². The van der Waals surface area contributed by atoms with E-state index in [1.807, 2.05) is 13.8 Å². The molecule has 0 aromatic carbocycles. The molecule has 1 aromatic heterocycles. The number of esters is 2. The van der Waals surface area contributed by atoms with Gasteiger partial charge in [0.05, 0.1) is 29.6 Å². The molecule has 10 heteroatoms. The molecule has 0 bridgehead atoms. The molecule has 154 valence electrons. The zero-order chi connectivity index (χ0) is 21.0. The van der Waals surface area contributed by atoms with E-state index in [-0.39, 0.29) is 35.2 Å². The molecule has 2 N–H and O–H groups in total. The number of amides is 2. The largest absolute Gasteiger partial charge is 0.463 e. The summed E-state index contributed by atoms with van der Waals surface area (Å²) in [5, 5.41) is 9.54. The third kappa shape index (κ3) is 4.83. The lowest BCUT2D eigenvalue weighted by Gasteiger charge is -2.26. The van der Waals surface area contributed by atoms with E-state index in [0.29, 0.717) is 18.2 Å². The van der Waals surface area contributed by atoms with Gasteiger partial charge in [-0.25, -0.2) is 14.4 Å². The Balaban J connectivity index is 2.22. The lowest BCUT2D eigenvalue weighted by atomic mass is 10.0. The van der Waals surface area contributed by atoms with E-state index in [4.69, 9.17) is 21.1 Å². The van der Waals surface area contributed by atoms with E-state index in [9.17, 15) is 14.4 Å². The van der Waals surface area contributed by atoms with Gasteiger partial charge in [-0.05, 0) is 26.7 Å². The number of aryl methyl sites for hydroxylation is 1. The summed E-state index contributed by atoms with van der Waals surface area (Å²) in [5.74, 6) is -0.981. The van der Waals surface area contributed by atoms with Crippen molar-refractivity contribution >= 4 is 29.6 Å². The Labute approximate surface area is 168 Å². The lowest BCUT2D eigenvalue weighted by molar-refractivity contribution is -0.139. The Morgan fingerprint density at radius 3 is 2.57 bits per heavy atom. The van der Waals surface area contributed by atoms with Crippen LogP contribution in [0.25, 0.3) is 0 Å². The summed E-state index contributed by atoms with van der Waals surface area (Å²) in [7, 11) is 0. The molecule has 0 spiro atoms. The maximum absolute atomic E-state index is 12.6. The predicted molar refractivity (Wildman–Crippen MR) is 102 cm³/mol. The van der Waals surface area contributed by atoms with Gasteiger partial charge in [-0.1, -0.05) is 25.4 Å². The second-order valence-electron chi connectivity index (χ2n) is 6.84. The van der Waals surface area contributed by atoms with E-state index in [2.05, 4.69) is 15.7 Å². The highest BCUT2D eigenvalue weighted by Crippen LogP contribution is 2.22. The van der Waals surface area contributed by atoms with Crippen molar-refractivity contribution in [3.63, 3.8) is 0 Å². The highest BCUT2D eigenvalue weighted by atomic mass is 35.5. The molecular formula is C18H25ClN4O5. The van der Waals surface area contributed by atoms with Crippen molar-refractivity contribution in [2.75, 3.05) is 13.2 Å². The molecule has 9 nitrogen and oxygen atoms in total. The standard InChI is InChI=1S/C18H25ClN4O5/c1-6-27-16(24)13-10(4)20-18(26)21-12(13)8-28-17(25)14-11(5)22-23(15(14)19)7-9(2)3/h9-10H,6-8H2,1-5H3,(H2,20,21,26). The van der Waals surface area contributed by atoms with Crippen LogP contribution in [0.4, 0.5) is 4.79 Å². The summed E-state index contributed by atoms with van der Waals surface area (Å²) >= 11 is 6.29. The molecule has 1 aromatic rings. The number of nitrogens with zero attached hydrogens (tertiary/aromatic N) is 2. The first kappa shape index (κ1) is 21.7. The van der Waals surface area contributed by atoms with E-state index < -0.39 is 24.0 Å². The Morgan fingerprint density at radius 1 is 1.29 bits per heavy atom. The van der Waals surface area contributed by atoms with Crippen molar-refractivity contribution in [2.24, 2.45) is 5.92 Å². The van der Waals surface area contributed by atoms with Crippen LogP contribution in [-0.2, 0) is 20.8 Å². The maximum atomic E-state index is 12.6. The normalized spacial score (nSPS) is 16.7. The first-order valence-corrected chi connectivity index (χ1v) is 9.41. The smallest absolute Gasteiger partial charge is 0.343 e. The van der Waals surface area contributed by atoms with Gasteiger partial charge in [-0.3, -0.25) is 4.68 Å². The highest BCUT2D eigenvalue weighted by Gasteiger charge is 2.31. The number of aromatic nitrogens is 2. The summed E-state index contributed by atoms with van der Waals surface area (Å²) < 4.78 is 11.9. The van der Waals surface area contributed by atoms with Crippen LogP contribution in [0.5, 0.6) is 0 Å². The molecule has 0 saturated carbocycles. The van der Waals surface area contributed by atoms with Gasteiger partial charge in [0.25, 0.3) is 0 Å². The zero-order valence-corrected chi connectivity index (χ0v) is 17.3. The van der Waals surface area contributed by atoms with Gasteiger partial charge in [-0.2, -0.15) is 5.10 Å². The molecule has 0 saturated heterocycles. The highest BCUT2D eigenvalue weighted by molar-refractivity contribution is 6.32. The van der Waals surface area contributed by atoms with E-state index in [1.165, 1.54) is 0 Å². The first-order chi connectivity index (χ1) is 13.1. The molecule has 1 aliphatic heterocycles. The molecule has 28 heavy (non-hydrogen) atoms.